The van der Waals surface area contributed by atoms with Crippen molar-refractivity contribution in [3.05, 3.63) is 24.3 Å². The molecule has 0 radical (unpaired) electrons. The zero-order valence-corrected chi connectivity index (χ0v) is 17.7. The summed E-state index contributed by atoms with van der Waals surface area (Å²) in [6.45, 7) is 1.78. The van der Waals surface area contributed by atoms with Gasteiger partial charge in [-0.05, 0) is 18.7 Å². The van der Waals surface area contributed by atoms with Crippen LogP contribution in [0.25, 0.3) is 0 Å². The van der Waals surface area contributed by atoms with E-state index in [1.165, 1.54) is 28.4 Å². The summed E-state index contributed by atoms with van der Waals surface area (Å²) >= 11 is 0. The van der Waals surface area contributed by atoms with Crippen LogP contribution in [0.2, 0.25) is 6.55 Å². The van der Waals surface area contributed by atoms with Crippen LogP contribution in [-0.2, 0) is 0 Å². The van der Waals surface area contributed by atoms with Crippen molar-refractivity contribution in [3.8, 4) is 34.5 Å². The highest BCUT2D eigenvalue weighted by molar-refractivity contribution is 6.96. The minimum Gasteiger partial charge on any atom is -0.493 e. The van der Waals surface area contributed by atoms with E-state index in [1.54, 1.807) is 45.0 Å². The summed E-state index contributed by atoms with van der Waals surface area (Å²) < 4.78 is 32.7. The Morgan fingerprint density at radius 3 is 1.15 bits per heavy atom. The highest BCUT2D eigenvalue weighted by Gasteiger charge is 2.39. The number of methoxy groups -OCH3 is 6. The highest BCUT2D eigenvalue weighted by atomic mass is 28.4. The van der Waals surface area contributed by atoms with Gasteiger partial charge in [0.1, 0.15) is 0 Å². The first-order valence-electron chi connectivity index (χ1n) is 8.22. The van der Waals surface area contributed by atoms with Crippen molar-refractivity contribution < 1.29 is 33.2 Å². The normalized spacial score (nSPS) is 11.0. The molecule has 8 heteroatoms. The standard InChI is InChI=1S/C19H26O7Si/c1-21-12-8-10-14(18(25-5)16(12)23-3)27(7,20)15-11-9-13(22-2)17(24-4)19(15)26-6/h8-11,20H,1-7H3. The smallest absolute Gasteiger partial charge is 0.257 e. The van der Waals surface area contributed by atoms with E-state index in [0.717, 1.165) is 0 Å². The molecule has 0 fully saturated rings. The lowest BCUT2D eigenvalue weighted by atomic mass is 10.3. The van der Waals surface area contributed by atoms with Gasteiger partial charge in [0, 0.05) is 10.4 Å². The number of ether oxygens (including phenoxy) is 6. The average molecular weight is 394 g/mol. The van der Waals surface area contributed by atoms with Crippen LogP contribution in [0.4, 0.5) is 0 Å². The molecule has 1 N–H and O–H groups in total. The van der Waals surface area contributed by atoms with Gasteiger partial charge in [-0.2, -0.15) is 0 Å². The Morgan fingerprint density at radius 2 is 0.889 bits per heavy atom. The van der Waals surface area contributed by atoms with Crippen molar-refractivity contribution in [2.24, 2.45) is 0 Å². The second-order valence-corrected chi connectivity index (χ2v) is 9.06. The second-order valence-electron chi connectivity index (χ2n) is 5.84. The van der Waals surface area contributed by atoms with Crippen LogP contribution in [-0.4, -0.2) is 55.8 Å². The molecule has 148 valence electrons. The molecule has 0 unspecified atom stereocenters. The predicted octanol–water partition coefficient (Wildman–Crippen LogP) is 1.42. The Balaban J connectivity index is 2.76. The molecule has 27 heavy (non-hydrogen) atoms. The second kappa shape index (κ2) is 8.41. The quantitative estimate of drug-likeness (QED) is 0.679. The summed E-state index contributed by atoms with van der Waals surface area (Å²) in [6.07, 6.45) is 0. The van der Waals surface area contributed by atoms with E-state index in [0.29, 0.717) is 44.9 Å². The van der Waals surface area contributed by atoms with Crippen LogP contribution in [0, 0.1) is 0 Å². The zero-order valence-electron chi connectivity index (χ0n) is 16.7. The van der Waals surface area contributed by atoms with Crippen molar-refractivity contribution in [2.45, 2.75) is 6.55 Å². The van der Waals surface area contributed by atoms with Crippen LogP contribution in [0.5, 0.6) is 34.5 Å². The lowest BCUT2D eigenvalue weighted by Crippen LogP contribution is -2.56. The number of hydrogen-bond acceptors (Lipinski definition) is 7. The average Bonchev–Trinajstić information content (AvgIpc) is 2.70. The third kappa shape index (κ3) is 3.50. The van der Waals surface area contributed by atoms with Crippen molar-refractivity contribution >= 4 is 18.7 Å². The molecule has 0 aromatic heterocycles. The van der Waals surface area contributed by atoms with Gasteiger partial charge in [-0.25, -0.2) is 0 Å². The molecule has 0 atom stereocenters. The molecular formula is C19H26O7Si. The van der Waals surface area contributed by atoms with Crippen LogP contribution in [0.3, 0.4) is 0 Å². The van der Waals surface area contributed by atoms with Crippen LogP contribution in [0.1, 0.15) is 0 Å². The first kappa shape index (κ1) is 20.7. The summed E-state index contributed by atoms with van der Waals surface area (Å²) in [5.41, 5.74) is 0. The zero-order chi connectivity index (χ0) is 20.2. The van der Waals surface area contributed by atoms with E-state index in [-0.39, 0.29) is 0 Å². The molecule has 2 rings (SSSR count). The van der Waals surface area contributed by atoms with Crippen molar-refractivity contribution in [3.63, 3.8) is 0 Å². The van der Waals surface area contributed by atoms with Crippen LogP contribution < -0.4 is 38.8 Å². The Hall–Kier alpha value is -2.58. The van der Waals surface area contributed by atoms with Gasteiger partial charge in [0.2, 0.25) is 11.5 Å². The molecule has 0 aliphatic rings. The maximum absolute atomic E-state index is 11.6. The third-order valence-electron chi connectivity index (χ3n) is 4.46. The van der Waals surface area contributed by atoms with Crippen molar-refractivity contribution in [1.82, 2.24) is 0 Å². The van der Waals surface area contributed by atoms with Gasteiger partial charge < -0.3 is 33.2 Å². The lowest BCUT2D eigenvalue weighted by molar-refractivity contribution is 0.324. The first-order chi connectivity index (χ1) is 12.9. The van der Waals surface area contributed by atoms with Gasteiger partial charge in [-0.3, -0.25) is 0 Å². The summed E-state index contributed by atoms with van der Waals surface area (Å²) in [5.74, 6) is 2.72. The molecule has 0 amide bonds. The summed E-state index contributed by atoms with van der Waals surface area (Å²) in [4.78, 5) is 11.6. The van der Waals surface area contributed by atoms with Gasteiger partial charge in [-0.15, -0.1) is 0 Å². The van der Waals surface area contributed by atoms with Gasteiger partial charge in [0.05, 0.1) is 42.7 Å². The maximum atomic E-state index is 11.6. The third-order valence-corrected chi connectivity index (χ3v) is 7.34. The van der Waals surface area contributed by atoms with E-state index < -0.39 is 8.32 Å². The molecule has 7 nitrogen and oxygen atoms in total. The molecule has 2 aromatic carbocycles. The van der Waals surface area contributed by atoms with E-state index in [4.69, 9.17) is 28.4 Å². The van der Waals surface area contributed by atoms with E-state index >= 15 is 0 Å². The molecule has 0 bridgehead atoms. The molecule has 2 aromatic rings. The molecule has 0 aliphatic carbocycles. The SMILES string of the molecule is COc1ccc([Si](C)(O)c2ccc(OC)c(OC)c2OC)c(OC)c1OC. The van der Waals surface area contributed by atoms with Crippen LogP contribution in [0.15, 0.2) is 24.3 Å². The minimum atomic E-state index is -3.27. The van der Waals surface area contributed by atoms with Crippen molar-refractivity contribution in [2.75, 3.05) is 42.7 Å². The Labute approximate surface area is 160 Å². The summed E-state index contributed by atoms with van der Waals surface area (Å²) in [6, 6.07) is 7.04. The molecule has 0 saturated carbocycles. The Kier molecular flexibility index (Phi) is 6.45. The molecule has 0 heterocycles. The Morgan fingerprint density at radius 1 is 0.556 bits per heavy atom. The molecular weight excluding hydrogens is 368 g/mol. The molecule has 0 spiro atoms. The fourth-order valence-electron chi connectivity index (χ4n) is 3.11. The largest absolute Gasteiger partial charge is 0.493 e. The number of hydrogen-bond donors (Lipinski definition) is 1. The van der Waals surface area contributed by atoms with E-state index in [2.05, 4.69) is 0 Å². The number of rotatable bonds is 8. The minimum absolute atomic E-state index is 0.421. The molecule has 0 aliphatic heterocycles. The summed E-state index contributed by atoms with van der Waals surface area (Å²) in [7, 11) is 5.92. The van der Waals surface area contributed by atoms with E-state index in [1.807, 2.05) is 0 Å². The van der Waals surface area contributed by atoms with Crippen molar-refractivity contribution in [1.29, 1.82) is 0 Å². The van der Waals surface area contributed by atoms with Gasteiger partial charge in [0.25, 0.3) is 8.32 Å². The highest BCUT2D eigenvalue weighted by Crippen LogP contribution is 2.39. The first-order valence-corrected chi connectivity index (χ1v) is 10.7. The fraction of sp³-hybridized carbons (Fsp3) is 0.368. The number of benzene rings is 2. The molecule has 0 saturated heterocycles. The summed E-state index contributed by atoms with van der Waals surface area (Å²) in [5, 5.41) is 1.24. The fourth-order valence-corrected chi connectivity index (χ4v) is 5.54. The van der Waals surface area contributed by atoms with E-state index in [9.17, 15) is 4.80 Å². The van der Waals surface area contributed by atoms with Crippen LogP contribution >= 0.6 is 0 Å². The van der Waals surface area contributed by atoms with Gasteiger partial charge in [0.15, 0.2) is 23.0 Å². The topological polar surface area (TPSA) is 75.6 Å². The maximum Gasteiger partial charge on any atom is 0.257 e. The predicted molar refractivity (Wildman–Crippen MR) is 105 cm³/mol. The monoisotopic (exact) mass is 394 g/mol. The van der Waals surface area contributed by atoms with Gasteiger partial charge in [-0.1, -0.05) is 12.1 Å². The lowest BCUT2D eigenvalue weighted by Gasteiger charge is -2.27. The van der Waals surface area contributed by atoms with Gasteiger partial charge >= 0.3 is 0 Å². The Bertz CT molecular complexity index is 740.